The molecular formula is C120H190O2S6. The van der Waals surface area contributed by atoms with Crippen molar-refractivity contribution >= 4 is 91.7 Å². The van der Waals surface area contributed by atoms with Crippen LogP contribution in [0.3, 0.4) is 0 Å². The van der Waals surface area contributed by atoms with Crippen LogP contribution >= 0.6 is 68.0 Å². The summed E-state index contributed by atoms with van der Waals surface area (Å²) in [6.45, 7) is 18.7. The summed E-state index contributed by atoms with van der Waals surface area (Å²) in [7, 11) is 0. The van der Waals surface area contributed by atoms with Crippen LogP contribution in [0.5, 0.6) is 0 Å². The van der Waals surface area contributed by atoms with Crippen molar-refractivity contribution < 1.29 is 9.59 Å². The molecule has 14 unspecified atom stereocenters. The zero-order valence-corrected chi connectivity index (χ0v) is 88.7. The lowest BCUT2D eigenvalue weighted by Crippen LogP contribution is -2.54. The second-order valence-corrected chi connectivity index (χ2v) is 50.1. The highest BCUT2D eigenvalue weighted by atomic mass is 32.1. The number of carbonyl (C=O) groups is 2. The number of thiophene rings is 6. The lowest BCUT2D eigenvalue weighted by Gasteiger charge is -2.59. The fourth-order valence-corrected chi connectivity index (χ4v) is 32.3. The van der Waals surface area contributed by atoms with Gasteiger partial charge in [0.25, 0.3) is 0 Å². The summed E-state index contributed by atoms with van der Waals surface area (Å²) in [5.41, 5.74) is 3.10. The number of hydrogen-bond donors (Lipinski definition) is 0. The molecule has 5 fully saturated rings. The van der Waals surface area contributed by atoms with Crippen molar-refractivity contribution in [1.29, 1.82) is 0 Å². The number of rotatable bonds is 73. The van der Waals surface area contributed by atoms with E-state index in [-0.39, 0.29) is 23.7 Å². The van der Waals surface area contributed by atoms with Crippen LogP contribution in [0.1, 0.15) is 530 Å². The number of Topliss-reactive ketones (excluding diaryl/α,β-unsaturated/α-hetero) is 2. The topological polar surface area (TPSA) is 34.1 Å². The Morgan fingerprint density at radius 2 is 0.586 bits per heavy atom. The predicted molar refractivity (Wildman–Crippen MR) is 574 cm³/mol. The summed E-state index contributed by atoms with van der Waals surface area (Å²) in [5.74, 6) is 8.24. The van der Waals surface area contributed by atoms with E-state index in [1.165, 1.54) is 488 Å². The maximum atomic E-state index is 16.3. The smallest absolute Gasteiger partial charge is 0.144 e. The van der Waals surface area contributed by atoms with Crippen molar-refractivity contribution in [2.75, 3.05) is 0 Å². The molecule has 11 rings (SSSR count). The van der Waals surface area contributed by atoms with Gasteiger partial charge in [-0.1, -0.05) is 414 Å². The number of ketones is 2. The third kappa shape index (κ3) is 34.8. The van der Waals surface area contributed by atoms with Crippen LogP contribution < -0.4 is 0 Å². The minimum absolute atomic E-state index is 0.0115. The minimum atomic E-state index is 0.0115. The fraction of sp³-hybridized carbons (Fsp3) is 0.767. The molecule has 0 spiro atoms. The first kappa shape index (κ1) is 106. The minimum Gasteiger partial charge on any atom is -0.299 e. The lowest BCUT2D eigenvalue weighted by molar-refractivity contribution is -0.138. The van der Waals surface area contributed by atoms with E-state index < -0.39 is 0 Å². The zero-order valence-electron chi connectivity index (χ0n) is 83.8. The molecule has 128 heavy (non-hydrogen) atoms. The molecule has 5 saturated carbocycles. The van der Waals surface area contributed by atoms with Crippen molar-refractivity contribution in [3.63, 3.8) is 0 Å². The van der Waals surface area contributed by atoms with Crippen molar-refractivity contribution in [3.05, 3.63) is 101 Å². The van der Waals surface area contributed by atoms with Crippen LogP contribution in [-0.4, -0.2) is 11.6 Å². The number of fused-ring (bicyclic) bond motifs is 4. The largest absolute Gasteiger partial charge is 0.299 e. The van der Waals surface area contributed by atoms with E-state index >= 15 is 9.59 Å². The van der Waals surface area contributed by atoms with E-state index in [2.05, 4.69) is 128 Å². The molecular weight excluding hydrogens is 1670 g/mol. The van der Waals surface area contributed by atoms with Crippen LogP contribution in [0.25, 0.3) is 41.4 Å². The van der Waals surface area contributed by atoms with Gasteiger partial charge in [0, 0.05) is 70.4 Å². The third-order valence-corrected chi connectivity index (χ3v) is 40.2. The molecule has 0 aromatic carbocycles. The van der Waals surface area contributed by atoms with E-state index in [0.717, 1.165) is 37.5 Å². The van der Waals surface area contributed by atoms with Crippen LogP contribution in [-0.2, 0) is 22.4 Å². The Morgan fingerprint density at radius 1 is 0.281 bits per heavy atom. The molecule has 5 aliphatic rings. The highest BCUT2D eigenvalue weighted by Crippen LogP contribution is 2.67. The second-order valence-electron chi connectivity index (χ2n) is 43.1. The Hall–Kier alpha value is -2.72. The van der Waals surface area contributed by atoms with Gasteiger partial charge in [-0.25, -0.2) is 0 Å². The molecule has 0 saturated heterocycles. The molecule has 5 aliphatic carbocycles. The Kier molecular flexibility index (Phi) is 50.8. The summed E-state index contributed by atoms with van der Waals surface area (Å²) in [5, 5.41) is 0. The van der Waals surface area contributed by atoms with Crippen molar-refractivity contribution in [2.24, 2.45) is 71.0 Å². The molecule has 14 atom stereocenters. The van der Waals surface area contributed by atoms with Gasteiger partial charge in [0.05, 0.1) is 11.8 Å². The SMILES string of the molecule is CCCCCCCCCCCCc1cc(C)sc1-c1ccc(/C=C/c2ccc(-c3sc(-c4ccc(C5CC6CC7C(CC(CCCCCCCCCC)CCCCCCCCCCCC)C8CC9C(=O)C(c%10ccc(C)s%10)CC9CC8C(CC(CCCCCCCCCC)CCCCCCCCCCCC)C7CC6C5=O)s4)cc3CCCCCCCCCCCC)s2)s1. The van der Waals surface area contributed by atoms with Gasteiger partial charge >= 0.3 is 0 Å². The van der Waals surface area contributed by atoms with E-state index in [1.807, 2.05) is 68.0 Å². The number of carbonyl (C=O) groups excluding carboxylic acids is 2. The van der Waals surface area contributed by atoms with Gasteiger partial charge in [-0.05, 0) is 234 Å². The van der Waals surface area contributed by atoms with Gasteiger partial charge in [0.1, 0.15) is 11.6 Å². The van der Waals surface area contributed by atoms with Crippen LogP contribution in [0.15, 0.2) is 60.7 Å². The standard InChI is InChI=1S/C120H190O2S6/c1-9-15-21-27-33-39-43-49-55-61-67-93(65-59-53-47-37-31-25-19-13-5)82-103-105-84-97-86-109(111-76-71-91(7)123-111)117(121)101(97)89-107(105)104(83-94(66-60-54-48-38-32-26-20-14-6)68-62-56-50-44-40-34-28-22-16-10-2)106-85-98-87-110(118(122)102(98)90-108(103)106)112-79-80-113(127-112)116-88-96(70-64-58-52-46-42-36-30-24-18-12-4)120(128-116)115-78-75-100(126-115)73-72-99-74-77-114(125-99)119-95(81-92(8)124-119)69-63-57-51-45-41-35-29-23-17-11-3/h71-81,88,93-94,97-98,101-110H,9-70,82-87,89-90H2,1-8H3/b73-72+. The monoisotopic (exact) mass is 1860 g/mol. The molecule has 2 nitrogen and oxygen atoms in total. The molecule has 0 radical (unpaired) electrons. The third-order valence-electron chi connectivity index (χ3n) is 33.0. The number of hydrogen-bond acceptors (Lipinski definition) is 8. The summed E-state index contributed by atoms with van der Waals surface area (Å²) in [6, 6.07) is 24.3. The van der Waals surface area contributed by atoms with Gasteiger partial charge < -0.3 is 0 Å². The molecule has 0 N–H and O–H groups in total. The molecule has 0 aliphatic heterocycles. The van der Waals surface area contributed by atoms with Gasteiger partial charge in [-0.15, -0.1) is 68.0 Å². The van der Waals surface area contributed by atoms with Gasteiger partial charge in [-0.2, -0.15) is 0 Å². The molecule has 6 aromatic rings. The van der Waals surface area contributed by atoms with Gasteiger partial charge in [0.15, 0.2) is 0 Å². The Bertz CT molecular complexity index is 3880. The van der Waals surface area contributed by atoms with Crippen molar-refractivity contribution in [1.82, 2.24) is 0 Å². The second kappa shape index (κ2) is 61.5. The molecule has 0 bridgehead atoms. The van der Waals surface area contributed by atoms with Crippen LogP contribution in [0.4, 0.5) is 0 Å². The van der Waals surface area contributed by atoms with Crippen molar-refractivity contribution in [2.45, 2.75) is 517 Å². The van der Waals surface area contributed by atoms with Crippen LogP contribution in [0.2, 0.25) is 0 Å². The quantitative estimate of drug-likeness (QED) is 0.0357. The fourth-order valence-electron chi connectivity index (χ4n) is 25.7. The molecule has 6 aromatic heterocycles. The van der Waals surface area contributed by atoms with E-state index in [4.69, 9.17) is 0 Å². The molecule has 718 valence electrons. The Balaban J connectivity index is 0.859. The Labute approximate surface area is 812 Å². The summed E-state index contributed by atoms with van der Waals surface area (Å²) in [4.78, 5) is 48.7. The summed E-state index contributed by atoms with van der Waals surface area (Å²) < 4.78 is 0. The van der Waals surface area contributed by atoms with E-state index in [1.54, 1.807) is 5.56 Å². The highest BCUT2D eigenvalue weighted by molar-refractivity contribution is 7.27. The normalized spacial score (nSPS) is 22.1. The van der Waals surface area contributed by atoms with Crippen molar-refractivity contribution in [3.8, 4) is 29.3 Å². The molecule has 6 heterocycles. The maximum absolute atomic E-state index is 16.3. The average molecular weight is 1860 g/mol. The highest BCUT2D eigenvalue weighted by Gasteiger charge is 2.61. The van der Waals surface area contributed by atoms with Gasteiger partial charge in [-0.3, -0.25) is 9.59 Å². The predicted octanol–water partition coefficient (Wildman–Crippen LogP) is 42.0. The summed E-state index contributed by atoms with van der Waals surface area (Å²) in [6.07, 6.45) is 100. The first-order valence-corrected chi connectivity index (χ1v) is 61.2. The van der Waals surface area contributed by atoms with Gasteiger partial charge in [0.2, 0.25) is 0 Å². The molecule has 8 heteroatoms. The average Bonchev–Trinajstić information content (AvgIpc) is 1.41. The first-order chi connectivity index (χ1) is 63.0. The maximum Gasteiger partial charge on any atom is 0.144 e. The molecule has 0 amide bonds. The lowest BCUT2D eigenvalue weighted by atomic mass is 9.45. The Morgan fingerprint density at radius 3 is 0.938 bits per heavy atom. The zero-order chi connectivity index (χ0) is 89.5. The van der Waals surface area contributed by atoms with E-state index in [0.29, 0.717) is 58.9 Å². The summed E-state index contributed by atoms with van der Waals surface area (Å²) >= 11 is 11.9. The number of aryl methyl sites for hydroxylation is 4. The number of unbranched alkanes of at least 4 members (excludes halogenated alkanes) is 50. The van der Waals surface area contributed by atoms with Crippen LogP contribution in [0, 0.1) is 84.9 Å². The first-order valence-electron chi connectivity index (χ1n) is 56.3. The van der Waals surface area contributed by atoms with E-state index in [9.17, 15) is 0 Å².